The molecule has 28 heavy (non-hydrogen) atoms. The molecule has 0 saturated carbocycles. The molecule has 17 heteroatoms. The molecule has 0 aliphatic heterocycles. The number of nitrogens with one attached hydrogen (secondary N) is 4. The van der Waals surface area contributed by atoms with E-state index in [-0.39, 0.29) is 165 Å². The normalized spacial score (nSPS) is 9.61. The molecule has 0 amide bonds. The van der Waals surface area contributed by atoms with Gasteiger partial charge in [0.2, 0.25) is 0 Å². The van der Waals surface area contributed by atoms with Crippen LogP contribution in [0.15, 0.2) is 14.4 Å². The van der Waals surface area contributed by atoms with Crippen molar-refractivity contribution >= 4 is 29.1 Å². The third-order valence-electron chi connectivity index (χ3n) is 2.67. The Kier molecular flexibility index (Phi) is 18.3. The molecule has 0 unspecified atom stereocenters. The monoisotopic (exact) mass is 474 g/mol. The van der Waals surface area contributed by atoms with Crippen molar-refractivity contribution in [2.24, 2.45) is 0 Å². The molecule has 5 N–H and O–H groups in total. The molecular formula is C11H9K3N4O10. The Hall–Kier alpha value is 1.23. The number of H-pyrrole nitrogens is 4. The van der Waals surface area contributed by atoms with Crippen molar-refractivity contribution in [1.29, 1.82) is 0 Å². The Morgan fingerprint density at radius 2 is 1.18 bits per heavy atom. The molecule has 14 nitrogen and oxygen atoms in total. The summed E-state index contributed by atoms with van der Waals surface area (Å²) < 4.78 is 0. The first-order chi connectivity index (χ1) is 11.4. The number of imidazole rings is 1. The molecule has 0 atom stereocenters. The van der Waals surface area contributed by atoms with Crippen molar-refractivity contribution in [3.05, 3.63) is 31.3 Å². The van der Waals surface area contributed by atoms with Gasteiger partial charge in [0.05, 0.1) is 5.97 Å². The van der Waals surface area contributed by atoms with E-state index in [1.807, 2.05) is 4.98 Å². The van der Waals surface area contributed by atoms with E-state index >= 15 is 0 Å². The van der Waals surface area contributed by atoms with Gasteiger partial charge in [-0.15, -0.1) is 0 Å². The van der Waals surface area contributed by atoms with E-state index < -0.39 is 53.3 Å². The molecule has 0 bridgehead atoms. The molecule has 0 aromatic carbocycles. The molecule has 2 rings (SSSR count). The first-order valence-electron chi connectivity index (χ1n) is 6.22. The Labute approximate surface area is 281 Å². The third kappa shape index (κ3) is 11.0. The van der Waals surface area contributed by atoms with Gasteiger partial charge in [0.15, 0.2) is 0 Å². The number of carbonyl (C=O) groups excluding carboxylic acids is 3. The van der Waals surface area contributed by atoms with Gasteiger partial charge in [0.1, 0.15) is 16.8 Å². The van der Waals surface area contributed by atoms with Crippen LogP contribution in [0.1, 0.15) is 12.8 Å². The van der Waals surface area contributed by atoms with Crippen molar-refractivity contribution in [2.45, 2.75) is 18.4 Å². The van der Waals surface area contributed by atoms with Crippen molar-refractivity contribution in [3.63, 3.8) is 0 Å². The summed E-state index contributed by atoms with van der Waals surface area (Å²) in [5.74, 6) is -5.98. The summed E-state index contributed by atoms with van der Waals surface area (Å²) in [6, 6.07) is 0. The van der Waals surface area contributed by atoms with Gasteiger partial charge in [-0.3, -0.25) is 24.7 Å². The van der Waals surface area contributed by atoms with Crippen molar-refractivity contribution in [3.8, 4) is 0 Å². The fourth-order valence-electron chi connectivity index (χ4n) is 1.64. The summed E-state index contributed by atoms with van der Waals surface area (Å²) in [4.78, 5) is 71.0. The number of aliphatic hydroxyl groups is 1. The zero-order chi connectivity index (χ0) is 19.4. The van der Waals surface area contributed by atoms with Crippen LogP contribution in [0.25, 0.3) is 11.2 Å². The number of fused-ring (bicyclic) bond motifs is 1. The third-order valence-corrected chi connectivity index (χ3v) is 2.67. The van der Waals surface area contributed by atoms with Crippen LogP contribution >= 0.6 is 0 Å². The van der Waals surface area contributed by atoms with Crippen LogP contribution in [0.2, 0.25) is 0 Å². The van der Waals surface area contributed by atoms with E-state index in [1.54, 1.807) is 0 Å². The molecular weight excluding hydrogens is 465 g/mol. The Bertz CT molecular complexity index is 975. The zero-order valence-corrected chi connectivity index (χ0v) is 24.4. The van der Waals surface area contributed by atoms with Gasteiger partial charge in [0, 0.05) is 24.8 Å². The van der Waals surface area contributed by atoms with E-state index in [2.05, 4.69) is 15.0 Å². The predicted molar refractivity (Wildman–Crippen MR) is 69.4 cm³/mol. The molecule has 2 aromatic rings. The Morgan fingerprint density at radius 3 is 1.54 bits per heavy atom. The van der Waals surface area contributed by atoms with E-state index in [9.17, 15) is 44.1 Å². The summed E-state index contributed by atoms with van der Waals surface area (Å²) in [6.07, 6.45) is -2.72. The van der Waals surface area contributed by atoms with Crippen molar-refractivity contribution in [2.75, 3.05) is 0 Å². The molecule has 2 aromatic heterocycles. The largest absolute Gasteiger partial charge is 1.00 e. The van der Waals surface area contributed by atoms with E-state index in [4.69, 9.17) is 5.11 Å². The van der Waals surface area contributed by atoms with Gasteiger partial charge in [-0.05, 0) is 0 Å². The number of carboxylic acid groups (broad SMARTS) is 3. The van der Waals surface area contributed by atoms with Crippen LogP contribution in [0.3, 0.4) is 0 Å². The number of rotatable bonds is 5. The van der Waals surface area contributed by atoms with Crippen LogP contribution in [0, 0.1) is 0 Å². The van der Waals surface area contributed by atoms with Crippen LogP contribution in [-0.2, 0) is 14.4 Å². The molecule has 136 valence electrons. The number of aromatic nitrogens is 4. The number of aliphatic carboxylic acids is 3. The predicted octanol–water partition coefficient (Wildman–Crippen LogP) is -16.0. The average Bonchev–Trinajstić information content (AvgIpc) is 2.78. The molecule has 0 fully saturated rings. The minimum absolute atomic E-state index is 0. The van der Waals surface area contributed by atoms with Gasteiger partial charge in [-0.1, -0.05) is 0 Å². The summed E-state index contributed by atoms with van der Waals surface area (Å²) in [5.41, 5.74) is -4.63. The van der Waals surface area contributed by atoms with Crippen molar-refractivity contribution < 1.29 is 189 Å². The van der Waals surface area contributed by atoms with Crippen LogP contribution in [0.4, 0.5) is 0 Å². The summed E-state index contributed by atoms with van der Waals surface area (Å²) >= 11 is 0. The SMILES string of the molecule is O=C([O-])CC(O)(CC(=O)[O-])C(=O)[O-].O=c1[nH]c(=O)c2[nH]c(=O)[nH]c2[nH]1.[K+].[K+].[K+]. The standard InChI is InChI=1S/C6H8O7.C5H4N4O3.3K/c7-3(8)1-6(13,5(11)12)2-4(9)10;10-3-1-2(7-4(11)6-1)8-5(12)9-3;;;/h13H,1-2H2,(H,7,8)(H,9,10)(H,11,12);(H4,6,7,8,9,10,11,12);;;/q;;3*+1/p-3. The van der Waals surface area contributed by atoms with E-state index in [1.165, 1.54) is 0 Å². The molecule has 2 heterocycles. The maximum atomic E-state index is 10.9. The molecule has 0 aliphatic carbocycles. The summed E-state index contributed by atoms with van der Waals surface area (Å²) in [6.45, 7) is 0. The number of carboxylic acids is 3. The van der Waals surface area contributed by atoms with Gasteiger partial charge >= 0.3 is 166 Å². The molecule has 0 radical (unpaired) electrons. The molecule has 0 spiro atoms. The second-order valence-electron chi connectivity index (χ2n) is 4.65. The van der Waals surface area contributed by atoms with Crippen molar-refractivity contribution in [1.82, 2.24) is 19.9 Å². The smallest absolute Gasteiger partial charge is 0.550 e. The zero-order valence-electron chi connectivity index (χ0n) is 15.0. The van der Waals surface area contributed by atoms with Gasteiger partial charge in [-0.2, -0.15) is 0 Å². The van der Waals surface area contributed by atoms with Crippen LogP contribution in [-0.4, -0.2) is 48.6 Å². The number of carbonyl (C=O) groups is 3. The number of hydrogen-bond acceptors (Lipinski definition) is 10. The first-order valence-corrected chi connectivity index (χ1v) is 6.22. The maximum absolute atomic E-state index is 10.9. The summed E-state index contributed by atoms with van der Waals surface area (Å²) in [5, 5.41) is 38.9. The first kappa shape index (κ1) is 33.9. The maximum Gasteiger partial charge on any atom is 1.00 e. The number of hydrogen-bond donors (Lipinski definition) is 5. The fourth-order valence-corrected chi connectivity index (χ4v) is 1.64. The summed E-state index contributed by atoms with van der Waals surface area (Å²) in [7, 11) is 0. The minimum atomic E-state index is -2.97. The molecule has 0 aliphatic rings. The van der Waals surface area contributed by atoms with E-state index in [0.29, 0.717) is 0 Å². The topological polar surface area (TPSA) is 255 Å². The van der Waals surface area contributed by atoms with Crippen LogP contribution < -0.4 is 186 Å². The number of aromatic amines is 4. The second-order valence-corrected chi connectivity index (χ2v) is 4.65. The Morgan fingerprint density at radius 1 is 0.786 bits per heavy atom. The van der Waals surface area contributed by atoms with E-state index in [0.717, 1.165) is 0 Å². The van der Waals surface area contributed by atoms with Crippen LogP contribution in [0.5, 0.6) is 0 Å². The second kappa shape index (κ2) is 15.1. The van der Waals surface area contributed by atoms with Gasteiger partial charge in [0.25, 0.3) is 5.56 Å². The average molecular weight is 475 g/mol. The fraction of sp³-hybridized carbons (Fsp3) is 0.273. The van der Waals surface area contributed by atoms with Gasteiger partial charge in [-0.25, -0.2) is 9.59 Å². The van der Waals surface area contributed by atoms with Gasteiger partial charge < -0.3 is 34.8 Å². The Balaban J connectivity index is -0.000000403. The molecule has 0 saturated heterocycles. The minimum Gasteiger partial charge on any atom is -0.550 e. The quantitative estimate of drug-likeness (QED) is 0.256.